The molecular formula is C19H27N5OS. The minimum Gasteiger partial charge on any atom is -0.345 e. The zero-order chi connectivity index (χ0) is 18.5. The highest BCUT2D eigenvalue weighted by Gasteiger charge is 2.33. The van der Waals surface area contributed by atoms with Crippen LogP contribution in [0.25, 0.3) is 0 Å². The molecule has 3 heterocycles. The van der Waals surface area contributed by atoms with Crippen LogP contribution in [-0.4, -0.2) is 51.8 Å². The summed E-state index contributed by atoms with van der Waals surface area (Å²) in [6.07, 6.45) is 2.39. The van der Waals surface area contributed by atoms with Gasteiger partial charge in [-0.2, -0.15) is 5.10 Å². The normalized spacial score (nSPS) is 18.5. The van der Waals surface area contributed by atoms with E-state index >= 15 is 0 Å². The first-order chi connectivity index (χ1) is 12.3. The molecule has 4 rings (SSSR count). The number of thiazole rings is 1. The summed E-state index contributed by atoms with van der Waals surface area (Å²) in [7, 11) is 0. The molecule has 26 heavy (non-hydrogen) atoms. The summed E-state index contributed by atoms with van der Waals surface area (Å²) in [5, 5.41) is 7.91. The Kier molecular flexibility index (Phi) is 4.29. The van der Waals surface area contributed by atoms with Gasteiger partial charge < -0.3 is 9.80 Å². The monoisotopic (exact) mass is 373 g/mol. The molecule has 2 aliphatic rings. The van der Waals surface area contributed by atoms with Gasteiger partial charge in [-0.05, 0) is 46.6 Å². The van der Waals surface area contributed by atoms with Gasteiger partial charge in [0.1, 0.15) is 5.69 Å². The van der Waals surface area contributed by atoms with Crippen molar-refractivity contribution in [3.05, 3.63) is 28.5 Å². The molecule has 0 N–H and O–H groups in total. The Bertz CT molecular complexity index is 806. The van der Waals surface area contributed by atoms with E-state index in [9.17, 15) is 4.79 Å². The number of aromatic nitrogens is 3. The van der Waals surface area contributed by atoms with Crippen LogP contribution in [0.4, 0.5) is 5.13 Å². The summed E-state index contributed by atoms with van der Waals surface area (Å²) < 4.78 is 1.93. The number of carbonyl (C=O) groups excluding carboxylic acids is 1. The summed E-state index contributed by atoms with van der Waals surface area (Å²) in [5.74, 6) is 0.657. The molecule has 0 radical (unpaired) electrons. The van der Waals surface area contributed by atoms with Crippen LogP contribution in [0, 0.1) is 6.92 Å². The lowest BCUT2D eigenvalue weighted by Gasteiger charge is -2.35. The Morgan fingerprint density at radius 3 is 2.42 bits per heavy atom. The molecule has 0 aromatic carbocycles. The summed E-state index contributed by atoms with van der Waals surface area (Å²) in [5.41, 5.74) is 2.68. The fourth-order valence-corrected chi connectivity index (χ4v) is 4.25. The molecule has 6 nitrogen and oxygen atoms in total. The highest BCUT2D eigenvalue weighted by Crippen LogP contribution is 2.40. The van der Waals surface area contributed by atoms with Gasteiger partial charge >= 0.3 is 0 Å². The molecule has 7 heteroatoms. The van der Waals surface area contributed by atoms with Crippen LogP contribution in [0.2, 0.25) is 0 Å². The summed E-state index contributed by atoms with van der Waals surface area (Å²) in [4.78, 5) is 22.0. The number of nitrogens with zero attached hydrogens (tertiary/aromatic N) is 5. The lowest BCUT2D eigenvalue weighted by Crippen LogP contribution is -2.49. The number of anilines is 1. The molecule has 2 aromatic rings. The predicted octanol–water partition coefficient (Wildman–Crippen LogP) is 3.24. The summed E-state index contributed by atoms with van der Waals surface area (Å²) >= 11 is 1.68. The molecule has 2 fully saturated rings. The Hall–Kier alpha value is -1.89. The first kappa shape index (κ1) is 17.5. The average Bonchev–Trinajstić information content (AvgIpc) is 3.19. The fourth-order valence-electron chi connectivity index (χ4n) is 3.39. The van der Waals surface area contributed by atoms with Crippen molar-refractivity contribution in [3.63, 3.8) is 0 Å². The van der Waals surface area contributed by atoms with Crippen molar-refractivity contribution >= 4 is 22.4 Å². The standard InChI is InChI=1S/C19H27N5OS/c1-13-12-26-18(20-13)23-9-7-22(8-10-23)17(25)16-11-15(14-5-6-14)21-24(16)19(2,3)4/h11-12,14H,5-10H2,1-4H3. The molecule has 0 unspecified atom stereocenters. The third kappa shape index (κ3) is 3.37. The van der Waals surface area contributed by atoms with E-state index in [1.54, 1.807) is 11.3 Å². The minimum absolute atomic E-state index is 0.106. The third-order valence-corrected chi connectivity index (χ3v) is 6.04. The highest BCUT2D eigenvalue weighted by atomic mass is 32.1. The van der Waals surface area contributed by atoms with Crippen LogP contribution in [0.5, 0.6) is 0 Å². The molecule has 1 amide bonds. The van der Waals surface area contributed by atoms with E-state index in [0.717, 1.165) is 48.4 Å². The zero-order valence-electron chi connectivity index (χ0n) is 16.0. The highest BCUT2D eigenvalue weighted by molar-refractivity contribution is 7.13. The maximum atomic E-state index is 13.2. The van der Waals surface area contributed by atoms with Gasteiger partial charge in [0.05, 0.1) is 16.9 Å². The third-order valence-electron chi connectivity index (χ3n) is 5.02. The SMILES string of the molecule is Cc1csc(N2CCN(C(=O)c3cc(C4CC4)nn3C(C)(C)C)CC2)n1. The van der Waals surface area contributed by atoms with Crippen molar-refractivity contribution in [2.75, 3.05) is 31.1 Å². The van der Waals surface area contributed by atoms with E-state index in [2.05, 4.69) is 36.0 Å². The van der Waals surface area contributed by atoms with E-state index in [4.69, 9.17) is 5.10 Å². The molecule has 0 spiro atoms. The number of hydrogen-bond donors (Lipinski definition) is 0. The second kappa shape index (κ2) is 6.37. The van der Waals surface area contributed by atoms with Crippen molar-refractivity contribution in [2.24, 2.45) is 0 Å². The van der Waals surface area contributed by atoms with E-state index in [1.165, 1.54) is 12.8 Å². The fraction of sp³-hybridized carbons (Fsp3) is 0.632. The Morgan fingerprint density at radius 2 is 1.88 bits per heavy atom. The van der Waals surface area contributed by atoms with Gasteiger partial charge in [-0.1, -0.05) is 0 Å². The molecule has 1 aliphatic carbocycles. The van der Waals surface area contributed by atoms with Crippen LogP contribution in [0.15, 0.2) is 11.4 Å². The molecule has 1 saturated heterocycles. The van der Waals surface area contributed by atoms with Gasteiger partial charge in [-0.25, -0.2) is 4.98 Å². The van der Waals surface area contributed by atoms with E-state index < -0.39 is 0 Å². The second-order valence-electron chi connectivity index (χ2n) is 8.36. The lowest BCUT2D eigenvalue weighted by atomic mass is 10.1. The van der Waals surface area contributed by atoms with Crippen molar-refractivity contribution in [2.45, 2.75) is 52.0 Å². The molecule has 0 atom stereocenters. The molecule has 1 saturated carbocycles. The van der Waals surface area contributed by atoms with Crippen LogP contribution in [-0.2, 0) is 5.54 Å². The number of rotatable bonds is 3. The second-order valence-corrected chi connectivity index (χ2v) is 9.20. The summed E-state index contributed by atoms with van der Waals surface area (Å²) in [6.45, 7) is 11.5. The molecule has 140 valence electrons. The van der Waals surface area contributed by atoms with E-state index in [1.807, 2.05) is 22.6 Å². The first-order valence-corrected chi connectivity index (χ1v) is 10.3. The van der Waals surface area contributed by atoms with Gasteiger partial charge in [0.25, 0.3) is 5.91 Å². The minimum atomic E-state index is -0.196. The average molecular weight is 374 g/mol. The Balaban J connectivity index is 1.50. The van der Waals surface area contributed by atoms with Crippen LogP contribution >= 0.6 is 11.3 Å². The quantitative estimate of drug-likeness (QED) is 0.829. The van der Waals surface area contributed by atoms with Crippen LogP contribution in [0.1, 0.15) is 61.4 Å². The van der Waals surface area contributed by atoms with Gasteiger partial charge in [0.15, 0.2) is 5.13 Å². The van der Waals surface area contributed by atoms with Gasteiger partial charge in [0, 0.05) is 37.5 Å². The van der Waals surface area contributed by atoms with Crippen molar-refractivity contribution < 1.29 is 4.79 Å². The maximum absolute atomic E-state index is 13.2. The number of piperazine rings is 1. The smallest absolute Gasteiger partial charge is 0.272 e. The molecular weight excluding hydrogens is 346 g/mol. The number of amides is 1. The van der Waals surface area contributed by atoms with Gasteiger partial charge in [-0.15, -0.1) is 11.3 Å². The van der Waals surface area contributed by atoms with Gasteiger partial charge in [0.2, 0.25) is 0 Å². The molecule has 1 aliphatic heterocycles. The Morgan fingerprint density at radius 1 is 1.19 bits per heavy atom. The Labute approximate surface area is 158 Å². The molecule has 0 bridgehead atoms. The van der Waals surface area contributed by atoms with Crippen molar-refractivity contribution in [1.29, 1.82) is 0 Å². The van der Waals surface area contributed by atoms with Crippen molar-refractivity contribution in [3.8, 4) is 0 Å². The summed E-state index contributed by atoms with van der Waals surface area (Å²) in [6, 6.07) is 2.03. The number of carbonyl (C=O) groups is 1. The number of aryl methyl sites for hydroxylation is 1. The van der Waals surface area contributed by atoms with Crippen LogP contribution < -0.4 is 4.90 Å². The van der Waals surface area contributed by atoms with E-state index in [-0.39, 0.29) is 11.4 Å². The van der Waals surface area contributed by atoms with Crippen LogP contribution in [0.3, 0.4) is 0 Å². The maximum Gasteiger partial charge on any atom is 0.272 e. The number of hydrogen-bond acceptors (Lipinski definition) is 5. The lowest BCUT2D eigenvalue weighted by molar-refractivity contribution is 0.0726. The molecule has 2 aromatic heterocycles. The predicted molar refractivity (Wildman–Crippen MR) is 104 cm³/mol. The first-order valence-electron chi connectivity index (χ1n) is 9.40. The van der Waals surface area contributed by atoms with E-state index in [0.29, 0.717) is 5.92 Å². The topological polar surface area (TPSA) is 54.3 Å². The zero-order valence-corrected chi connectivity index (χ0v) is 16.8. The van der Waals surface area contributed by atoms with Crippen molar-refractivity contribution in [1.82, 2.24) is 19.7 Å². The van der Waals surface area contributed by atoms with Gasteiger partial charge in [-0.3, -0.25) is 9.48 Å². The largest absolute Gasteiger partial charge is 0.345 e.